The molecule has 0 saturated heterocycles. The Kier molecular flexibility index (Phi) is 4.63. The zero-order chi connectivity index (χ0) is 19.1. The van der Waals surface area contributed by atoms with Crippen molar-refractivity contribution in [2.75, 3.05) is 16.3 Å². The lowest BCUT2D eigenvalue weighted by Gasteiger charge is -2.20. The van der Waals surface area contributed by atoms with Crippen LogP contribution in [0.5, 0.6) is 0 Å². The molecule has 1 amide bonds. The van der Waals surface area contributed by atoms with Crippen molar-refractivity contribution < 1.29 is 23.1 Å². The van der Waals surface area contributed by atoms with Gasteiger partial charge in [0.25, 0.3) is 5.91 Å². The van der Waals surface area contributed by atoms with Crippen molar-refractivity contribution in [3.8, 4) is 0 Å². The number of carbonyl (C=O) groups excluding carboxylic acids is 2. The molecule has 3 rings (SSSR count). The number of benzene rings is 2. The molecule has 0 radical (unpaired) electrons. The molecular formula is C17H15BrN2O5S. The number of nitrogens with one attached hydrogen (secondary N) is 2. The fraction of sp³-hybridized carbons (Fsp3) is 0.176. The Balaban J connectivity index is 1.89. The first-order valence-corrected chi connectivity index (χ1v) is 10.2. The molecule has 0 saturated carbocycles. The third-order valence-electron chi connectivity index (χ3n) is 3.96. The zero-order valence-corrected chi connectivity index (χ0v) is 16.0. The van der Waals surface area contributed by atoms with E-state index in [2.05, 4.69) is 26.0 Å². The van der Waals surface area contributed by atoms with Crippen molar-refractivity contribution in [3.05, 3.63) is 58.1 Å². The molecule has 26 heavy (non-hydrogen) atoms. The van der Waals surface area contributed by atoms with E-state index in [1.54, 1.807) is 18.2 Å². The molecule has 1 unspecified atom stereocenters. The molecule has 1 aliphatic heterocycles. The number of aliphatic hydroxyl groups is 1. The molecular weight excluding hydrogens is 424 g/mol. The van der Waals surface area contributed by atoms with Crippen molar-refractivity contribution in [2.45, 2.75) is 12.0 Å². The lowest BCUT2D eigenvalue weighted by Crippen LogP contribution is -2.36. The van der Waals surface area contributed by atoms with Crippen molar-refractivity contribution in [2.24, 2.45) is 0 Å². The van der Waals surface area contributed by atoms with Crippen molar-refractivity contribution in [1.82, 2.24) is 0 Å². The van der Waals surface area contributed by atoms with Crippen LogP contribution in [0.2, 0.25) is 0 Å². The summed E-state index contributed by atoms with van der Waals surface area (Å²) in [4.78, 5) is 24.9. The summed E-state index contributed by atoms with van der Waals surface area (Å²) in [5.74, 6) is -1.17. The molecule has 0 aliphatic carbocycles. The quantitative estimate of drug-likeness (QED) is 0.619. The minimum Gasteiger partial charge on any atom is -0.375 e. The highest BCUT2D eigenvalue weighted by Crippen LogP contribution is 2.40. The Labute approximate surface area is 158 Å². The molecule has 3 N–H and O–H groups in total. The second kappa shape index (κ2) is 6.49. The van der Waals surface area contributed by atoms with Gasteiger partial charge < -0.3 is 10.4 Å². The van der Waals surface area contributed by atoms with E-state index < -0.39 is 33.7 Å². The highest BCUT2D eigenvalue weighted by Gasteiger charge is 2.46. The molecule has 1 aliphatic rings. The molecule has 136 valence electrons. The van der Waals surface area contributed by atoms with E-state index in [9.17, 15) is 23.1 Å². The number of carbonyl (C=O) groups is 2. The molecule has 0 aromatic heterocycles. The van der Waals surface area contributed by atoms with E-state index in [0.717, 1.165) is 10.7 Å². The number of Topliss-reactive ketones (excluding diaryl/α,β-unsaturated/α-hetero) is 1. The number of fused-ring (bicyclic) bond motifs is 1. The first kappa shape index (κ1) is 18.6. The van der Waals surface area contributed by atoms with Gasteiger partial charge in [0.1, 0.15) is 0 Å². The summed E-state index contributed by atoms with van der Waals surface area (Å²) in [6, 6.07) is 10.8. The van der Waals surface area contributed by atoms with Gasteiger partial charge in [0, 0.05) is 27.0 Å². The summed E-state index contributed by atoms with van der Waals surface area (Å²) < 4.78 is 25.7. The Bertz CT molecular complexity index is 1020. The molecule has 9 heteroatoms. The minimum absolute atomic E-state index is 0.186. The molecule has 0 bridgehead atoms. The highest BCUT2D eigenvalue weighted by atomic mass is 79.9. The number of rotatable bonds is 5. The van der Waals surface area contributed by atoms with Crippen LogP contribution in [0.4, 0.5) is 11.4 Å². The van der Waals surface area contributed by atoms with Crippen LogP contribution in [0.1, 0.15) is 22.3 Å². The van der Waals surface area contributed by atoms with Crippen LogP contribution in [0.25, 0.3) is 0 Å². The molecule has 0 spiro atoms. The Morgan fingerprint density at radius 1 is 1.27 bits per heavy atom. The maximum atomic E-state index is 12.6. The third-order valence-corrected chi connectivity index (χ3v) is 5.05. The number of anilines is 2. The predicted molar refractivity (Wildman–Crippen MR) is 101 cm³/mol. The smallest absolute Gasteiger partial charge is 0.261 e. The van der Waals surface area contributed by atoms with Gasteiger partial charge in [-0.2, -0.15) is 0 Å². The minimum atomic E-state index is -3.49. The number of sulfonamides is 1. The number of hydrogen-bond acceptors (Lipinski definition) is 5. The van der Waals surface area contributed by atoms with Gasteiger partial charge in [0.2, 0.25) is 10.0 Å². The van der Waals surface area contributed by atoms with Gasteiger partial charge in [0.05, 0.1) is 12.7 Å². The van der Waals surface area contributed by atoms with Crippen LogP contribution < -0.4 is 10.0 Å². The first-order chi connectivity index (χ1) is 12.1. The van der Waals surface area contributed by atoms with Crippen LogP contribution in [-0.2, 0) is 20.4 Å². The average Bonchev–Trinajstić information content (AvgIpc) is 2.76. The third kappa shape index (κ3) is 3.64. The second-order valence-electron chi connectivity index (χ2n) is 6.06. The van der Waals surface area contributed by atoms with E-state index in [0.29, 0.717) is 11.3 Å². The van der Waals surface area contributed by atoms with Gasteiger partial charge in [-0.05, 0) is 24.3 Å². The second-order valence-corrected chi connectivity index (χ2v) is 8.72. The summed E-state index contributed by atoms with van der Waals surface area (Å²) in [5.41, 5.74) is -0.805. The highest BCUT2D eigenvalue weighted by molar-refractivity contribution is 9.10. The maximum Gasteiger partial charge on any atom is 0.261 e. The van der Waals surface area contributed by atoms with Gasteiger partial charge in [-0.15, -0.1) is 0 Å². The van der Waals surface area contributed by atoms with Gasteiger partial charge in [-0.3, -0.25) is 14.3 Å². The summed E-state index contributed by atoms with van der Waals surface area (Å²) in [5, 5.41) is 13.4. The van der Waals surface area contributed by atoms with E-state index in [-0.39, 0.29) is 11.3 Å². The lowest BCUT2D eigenvalue weighted by atomic mass is 9.88. The molecule has 2 aromatic rings. The number of halogens is 1. The van der Waals surface area contributed by atoms with E-state index in [1.807, 2.05) is 0 Å². The Morgan fingerprint density at radius 3 is 2.69 bits per heavy atom. The van der Waals surface area contributed by atoms with Crippen LogP contribution in [0.3, 0.4) is 0 Å². The molecule has 2 aromatic carbocycles. The lowest BCUT2D eigenvalue weighted by molar-refractivity contribution is -0.133. The van der Waals surface area contributed by atoms with Gasteiger partial charge in [-0.1, -0.05) is 34.1 Å². The zero-order valence-electron chi connectivity index (χ0n) is 13.6. The molecule has 1 atom stereocenters. The first-order valence-electron chi connectivity index (χ1n) is 7.53. The van der Waals surface area contributed by atoms with Crippen molar-refractivity contribution >= 4 is 49.0 Å². The van der Waals surface area contributed by atoms with Crippen molar-refractivity contribution in [3.63, 3.8) is 0 Å². The average molecular weight is 439 g/mol. The fourth-order valence-electron chi connectivity index (χ4n) is 2.81. The molecule has 1 heterocycles. The molecule has 7 nitrogen and oxygen atoms in total. The fourth-order valence-corrected chi connectivity index (χ4v) is 3.72. The molecule has 0 fully saturated rings. The van der Waals surface area contributed by atoms with E-state index >= 15 is 0 Å². The van der Waals surface area contributed by atoms with Crippen LogP contribution >= 0.6 is 15.9 Å². The summed E-state index contributed by atoms with van der Waals surface area (Å²) >= 11 is 3.29. The topological polar surface area (TPSA) is 113 Å². The SMILES string of the molecule is CS(=O)(=O)Nc1cccc(C(=O)CC2(O)C(=O)Nc3cc(Br)ccc32)c1. The summed E-state index contributed by atoms with van der Waals surface area (Å²) in [6.07, 6.45) is 0.540. The van der Waals surface area contributed by atoms with Gasteiger partial charge in [0.15, 0.2) is 11.4 Å². The summed E-state index contributed by atoms with van der Waals surface area (Å²) in [6.45, 7) is 0. The van der Waals surface area contributed by atoms with Crippen molar-refractivity contribution in [1.29, 1.82) is 0 Å². The number of hydrogen-bond donors (Lipinski definition) is 3. The normalized spacial score (nSPS) is 19.0. The van der Waals surface area contributed by atoms with E-state index in [1.165, 1.54) is 24.3 Å². The van der Waals surface area contributed by atoms with Gasteiger partial charge >= 0.3 is 0 Å². The number of amides is 1. The van der Waals surface area contributed by atoms with E-state index in [4.69, 9.17) is 0 Å². The number of ketones is 1. The summed E-state index contributed by atoms with van der Waals surface area (Å²) in [7, 11) is -3.49. The monoisotopic (exact) mass is 438 g/mol. The van der Waals surface area contributed by atoms with Crippen LogP contribution in [0.15, 0.2) is 46.9 Å². The van der Waals surface area contributed by atoms with Crippen LogP contribution in [0, 0.1) is 0 Å². The Morgan fingerprint density at radius 2 is 2.00 bits per heavy atom. The largest absolute Gasteiger partial charge is 0.375 e. The van der Waals surface area contributed by atoms with Crippen LogP contribution in [-0.4, -0.2) is 31.5 Å². The predicted octanol–water partition coefficient (Wildman–Crippen LogP) is 2.23. The Hall–Kier alpha value is -2.23. The standard InChI is InChI=1S/C17H15BrN2O5S/c1-26(24,25)20-12-4-2-3-10(7-12)15(21)9-17(23)13-6-5-11(18)8-14(13)19-16(17)22/h2-8,20,23H,9H2,1H3,(H,19,22). The van der Waals surface area contributed by atoms with Gasteiger partial charge in [-0.25, -0.2) is 8.42 Å². The maximum absolute atomic E-state index is 12.6.